The zero-order valence-corrected chi connectivity index (χ0v) is 23.5. The topological polar surface area (TPSA) is 103 Å². The molecule has 4 rings (SSSR count). The summed E-state index contributed by atoms with van der Waals surface area (Å²) in [5, 5.41) is 14.2. The van der Waals surface area contributed by atoms with Crippen molar-refractivity contribution >= 4 is 34.0 Å². The Morgan fingerprint density at radius 2 is 1.77 bits per heavy atom. The second-order valence-corrected chi connectivity index (χ2v) is 10.7. The van der Waals surface area contributed by atoms with Crippen LogP contribution in [0.5, 0.6) is 0 Å². The number of carbonyl (C=O) groups excluding carboxylic acids is 2. The van der Waals surface area contributed by atoms with E-state index in [1.165, 1.54) is 0 Å². The lowest BCUT2D eigenvalue weighted by atomic mass is 9.88. The van der Waals surface area contributed by atoms with E-state index in [-0.39, 0.29) is 17.3 Å². The first kappa shape index (κ1) is 28.3. The maximum atomic E-state index is 13.1. The van der Waals surface area contributed by atoms with Crippen LogP contribution in [0, 0.1) is 5.92 Å². The number of aliphatic carboxylic acids is 1. The molecule has 7 nitrogen and oxygen atoms in total. The Balaban J connectivity index is 1.83. The lowest BCUT2D eigenvalue weighted by molar-refractivity contribution is -0.298. The molecule has 0 radical (unpaired) electrons. The van der Waals surface area contributed by atoms with E-state index in [9.17, 15) is 14.7 Å². The predicted octanol–water partition coefficient (Wildman–Crippen LogP) is 3.58. The first-order valence-electron chi connectivity index (χ1n) is 13.7. The van der Waals surface area contributed by atoms with Gasteiger partial charge in [0.2, 0.25) is 5.36 Å². The molecule has 0 saturated carbocycles. The number of carboxylic acids is 1. The number of ketones is 1. The van der Waals surface area contributed by atoms with Gasteiger partial charge in [0.15, 0.2) is 0 Å². The highest BCUT2D eigenvalue weighted by atomic mass is 16.4. The van der Waals surface area contributed by atoms with Crippen molar-refractivity contribution in [1.29, 1.82) is 0 Å². The van der Waals surface area contributed by atoms with Crippen molar-refractivity contribution in [3.63, 3.8) is 0 Å². The molecule has 1 unspecified atom stereocenters. The summed E-state index contributed by atoms with van der Waals surface area (Å²) in [5.41, 5.74) is 9.50. The van der Waals surface area contributed by atoms with Gasteiger partial charge < -0.3 is 25.0 Å². The predicted molar refractivity (Wildman–Crippen MR) is 155 cm³/mol. The summed E-state index contributed by atoms with van der Waals surface area (Å²) >= 11 is 0. The number of allylic oxidation sites excluding steroid dienone is 2. The molecule has 1 aliphatic heterocycles. The zero-order valence-electron chi connectivity index (χ0n) is 23.5. The maximum absolute atomic E-state index is 13.1. The van der Waals surface area contributed by atoms with E-state index in [0.717, 1.165) is 53.2 Å². The largest absolute Gasteiger partial charge is 0.545 e. The van der Waals surface area contributed by atoms with Crippen LogP contribution >= 0.6 is 0 Å². The fourth-order valence-electron chi connectivity index (χ4n) is 5.24. The van der Waals surface area contributed by atoms with Crippen LogP contribution in [0.4, 0.5) is 5.69 Å². The molecule has 1 heterocycles. The Kier molecular flexibility index (Phi) is 9.02. The van der Waals surface area contributed by atoms with E-state index in [1.54, 1.807) is 6.08 Å². The van der Waals surface area contributed by atoms with Crippen molar-refractivity contribution in [2.75, 3.05) is 39.6 Å². The van der Waals surface area contributed by atoms with Crippen molar-refractivity contribution in [2.45, 2.75) is 44.9 Å². The summed E-state index contributed by atoms with van der Waals surface area (Å²) in [6, 6.07) is 11.9. The molecule has 7 heteroatoms. The number of hydrogen-bond donors (Lipinski definition) is 1. The van der Waals surface area contributed by atoms with Gasteiger partial charge in [0.25, 0.3) is 0 Å². The first-order chi connectivity index (χ1) is 18.7. The molecule has 2 aliphatic carbocycles. The second-order valence-electron chi connectivity index (χ2n) is 10.7. The summed E-state index contributed by atoms with van der Waals surface area (Å²) in [7, 11) is 7.86. The number of fused-ring (bicyclic) bond motifs is 2. The van der Waals surface area contributed by atoms with Crippen molar-refractivity contribution in [3.05, 3.63) is 65.0 Å². The first-order valence-corrected chi connectivity index (χ1v) is 13.7. The number of carboxylic acid groups (broad SMARTS) is 1. The third-order valence-corrected chi connectivity index (χ3v) is 7.55. The molecule has 39 heavy (non-hydrogen) atoms. The van der Waals surface area contributed by atoms with Gasteiger partial charge in [-0.15, -0.1) is 0 Å². The molecule has 2 N–H and O–H groups in total. The summed E-state index contributed by atoms with van der Waals surface area (Å²) < 4.78 is 8.39. The van der Waals surface area contributed by atoms with Gasteiger partial charge in [-0.25, -0.2) is 4.58 Å². The van der Waals surface area contributed by atoms with Crippen LogP contribution < -0.4 is 25.7 Å². The quantitative estimate of drug-likeness (QED) is 0.245. The van der Waals surface area contributed by atoms with Crippen LogP contribution in [0.15, 0.2) is 58.5 Å². The standard InChI is InChI=1S/C32H39N3O4/c1-34(2)22-12-16-26-29(19-22)39-30-20-23(35(3)4)13-17-27(30)31(26)24-14-10-21(11-15-25(24)32(37)38)28(36)9-7-5-6-8-18-33/h12-17,19-21H,5-11,18,33H2,1-4H3. The summed E-state index contributed by atoms with van der Waals surface area (Å²) in [4.78, 5) is 27.5. The average Bonchev–Trinajstić information content (AvgIpc) is 3.14. The minimum Gasteiger partial charge on any atom is -0.545 e. The van der Waals surface area contributed by atoms with Gasteiger partial charge in [-0.2, -0.15) is 0 Å². The van der Waals surface area contributed by atoms with Gasteiger partial charge in [0.1, 0.15) is 31.2 Å². The van der Waals surface area contributed by atoms with Crippen LogP contribution in [0.3, 0.4) is 0 Å². The van der Waals surface area contributed by atoms with Crippen LogP contribution in [-0.2, 0) is 9.59 Å². The highest BCUT2D eigenvalue weighted by molar-refractivity contribution is 6.11. The van der Waals surface area contributed by atoms with Gasteiger partial charge in [0, 0.05) is 66.3 Å². The van der Waals surface area contributed by atoms with Gasteiger partial charge in [-0.05, 0) is 56.0 Å². The van der Waals surface area contributed by atoms with E-state index in [0.29, 0.717) is 42.7 Å². The Morgan fingerprint density at radius 3 is 2.46 bits per heavy atom. The number of unbranched alkanes of at least 4 members (excludes halogenated alkanes) is 3. The molecule has 0 fully saturated rings. The number of rotatable bonds is 10. The number of carbonyl (C=O) groups is 2. The molecular weight excluding hydrogens is 490 g/mol. The summed E-state index contributed by atoms with van der Waals surface area (Å²) in [6.07, 6.45) is 8.76. The third kappa shape index (κ3) is 6.31. The smallest absolute Gasteiger partial charge is 0.203 e. The zero-order chi connectivity index (χ0) is 28.1. The number of nitrogens with zero attached hydrogens (tertiary/aromatic N) is 2. The van der Waals surface area contributed by atoms with Crippen molar-refractivity contribution in [2.24, 2.45) is 11.7 Å². The van der Waals surface area contributed by atoms with E-state index in [1.807, 2.05) is 80.1 Å². The molecule has 1 aromatic rings. The fourth-order valence-corrected chi connectivity index (χ4v) is 5.24. The SMILES string of the molecule is CN(C)c1ccc2c(C3=CCC(C(=O)CCCCCCN)CC=C3C(=O)[O-])c3ccc(=[N+](C)C)cc-3oc2c1. The van der Waals surface area contributed by atoms with Gasteiger partial charge in [-0.1, -0.05) is 25.0 Å². The van der Waals surface area contributed by atoms with E-state index >= 15 is 0 Å². The minimum atomic E-state index is -1.24. The van der Waals surface area contributed by atoms with Crippen LogP contribution in [0.2, 0.25) is 0 Å². The van der Waals surface area contributed by atoms with E-state index in [2.05, 4.69) is 0 Å². The maximum Gasteiger partial charge on any atom is 0.203 e. The Labute approximate surface area is 230 Å². The molecule has 0 bridgehead atoms. The molecule has 3 aliphatic rings. The summed E-state index contributed by atoms with van der Waals surface area (Å²) in [6.45, 7) is 0.671. The van der Waals surface area contributed by atoms with E-state index in [4.69, 9.17) is 10.2 Å². The Hall–Kier alpha value is -3.71. The normalized spacial score (nSPS) is 15.6. The fraction of sp³-hybridized carbons (Fsp3) is 0.406. The summed E-state index contributed by atoms with van der Waals surface area (Å²) in [5.74, 6) is -0.656. The number of Topliss-reactive ketones (excluding diaryl/α,β-unsaturated/α-hetero) is 1. The third-order valence-electron chi connectivity index (χ3n) is 7.55. The number of anilines is 1. The van der Waals surface area contributed by atoms with Crippen LogP contribution in [0.1, 0.15) is 50.5 Å². The Bertz CT molecular complexity index is 1470. The molecule has 1 atom stereocenters. The number of benzene rings is 2. The minimum absolute atomic E-state index is 0.121. The highest BCUT2D eigenvalue weighted by Gasteiger charge is 2.26. The lowest BCUT2D eigenvalue weighted by Crippen LogP contribution is -2.25. The molecule has 0 amide bonds. The van der Waals surface area contributed by atoms with E-state index < -0.39 is 5.97 Å². The molecule has 0 spiro atoms. The molecular formula is C32H39N3O4. The van der Waals surface area contributed by atoms with Gasteiger partial charge >= 0.3 is 0 Å². The molecule has 1 aromatic carbocycles. The molecule has 0 aromatic heterocycles. The highest BCUT2D eigenvalue weighted by Crippen LogP contribution is 2.42. The molecule has 0 saturated heterocycles. The van der Waals surface area contributed by atoms with Crippen molar-refractivity contribution < 1.29 is 19.1 Å². The van der Waals surface area contributed by atoms with Gasteiger partial charge in [-0.3, -0.25) is 4.79 Å². The van der Waals surface area contributed by atoms with Crippen molar-refractivity contribution in [1.82, 2.24) is 4.58 Å². The number of hydrogen-bond acceptors (Lipinski definition) is 6. The molecule has 206 valence electrons. The van der Waals surface area contributed by atoms with Gasteiger partial charge in [0.05, 0.1) is 12.0 Å². The van der Waals surface area contributed by atoms with Crippen LogP contribution in [0.25, 0.3) is 27.9 Å². The second kappa shape index (κ2) is 12.4. The van der Waals surface area contributed by atoms with Crippen molar-refractivity contribution in [3.8, 4) is 11.3 Å². The number of nitrogens with two attached hydrogens (primary N) is 1. The monoisotopic (exact) mass is 529 g/mol. The van der Waals surface area contributed by atoms with Crippen LogP contribution in [-0.4, -0.2) is 46.5 Å². The average molecular weight is 530 g/mol. The Morgan fingerprint density at radius 1 is 1.03 bits per heavy atom. The lowest BCUT2D eigenvalue weighted by Gasteiger charge is -2.21.